The van der Waals surface area contributed by atoms with E-state index in [1.165, 1.54) is 49.7 Å². The molecule has 0 radical (unpaired) electrons. The van der Waals surface area contributed by atoms with Crippen LogP contribution in [0.5, 0.6) is 0 Å². The zero-order chi connectivity index (χ0) is 24.1. The standard InChI is InChI=1S/C29H41N3O2/c1-19(32(4)5)27(33)34-31-22-12-14-28(2)21(17-22)8-9-23-25-11-10-24(20-7-6-16-30-18-20)29(25,3)15-13-26(23)28/h6-7,10,16-19,22-23,25-26,31H,8-9,11-15H2,1-5H3/t19?,22?,23-,25+,26+,28+,29-/m1/s1. The topological polar surface area (TPSA) is 54.5 Å². The molecule has 2 saturated carbocycles. The summed E-state index contributed by atoms with van der Waals surface area (Å²) in [7, 11) is 3.79. The molecule has 184 valence electrons. The number of nitrogens with one attached hydrogen (secondary N) is 1. The van der Waals surface area contributed by atoms with Gasteiger partial charge in [-0.05, 0) is 112 Å². The van der Waals surface area contributed by atoms with Crippen LogP contribution in [0.25, 0.3) is 5.57 Å². The van der Waals surface area contributed by atoms with Gasteiger partial charge in [-0.25, -0.2) is 4.79 Å². The first-order chi connectivity index (χ1) is 16.2. The Balaban J connectivity index is 1.29. The molecule has 7 atom stereocenters. The lowest BCUT2D eigenvalue weighted by molar-refractivity contribution is -0.157. The molecule has 5 heteroatoms. The van der Waals surface area contributed by atoms with Crippen molar-refractivity contribution in [3.05, 3.63) is 47.8 Å². The number of fused-ring (bicyclic) bond motifs is 5. The number of aromatic nitrogens is 1. The van der Waals surface area contributed by atoms with Crippen LogP contribution in [0.15, 0.2) is 42.3 Å². The Morgan fingerprint density at radius 3 is 2.71 bits per heavy atom. The molecule has 34 heavy (non-hydrogen) atoms. The fourth-order valence-corrected chi connectivity index (χ4v) is 7.79. The van der Waals surface area contributed by atoms with Crippen LogP contribution in [0.2, 0.25) is 0 Å². The van der Waals surface area contributed by atoms with Gasteiger partial charge in [0.1, 0.15) is 6.04 Å². The number of rotatable bonds is 5. The van der Waals surface area contributed by atoms with Gasteiger partial charge in [-0.15, -0.1) is 5.48 Å². The quantitative estimate of drug-likeness (QED) is 0.468. The molecule has 1 heterocycles. The van der Waals surface area contributed by atoms with E-state index in [4.69, 9.17) is 4.84 Å². The van der Waals surface area contributed by atoms with Gasteiger partial charge >= 0.3 is 5.97 Å². The Morgan fingerprint density at radius 1 is 1.18 bits per heavy atom. The minimum atomic E-state index is -0.252. The summed E-state index contributed by atoms with van der Waals surface area (Å²) in [4.78, 5) is 24.0. The van der Waals surface area contributed by atoms with E-state index < -0.39 is 0 Å². The summed E-state index contributed by atoms with van der Waals surface area (Å²) in [6.45, 7) is 6.92. The molecular weight excluding hydrogens is 422 g/mol. The van der Waals surface area contributed by atoms with E-state index in [-0.39, 0.29) is 28.9 Å². The normalized spacial score (nSPS) is 37.7. The van der Waals surface area contributed by atoms with Crippen molar-refractivity contribution in [1.82, 2.24) is 15.4 Å². The van der Waals surface area contributed by atoms with E-state index in [0.717, 1.165) is 24.2 Å². The molecule has 4 aliphatic carbocycles. The molecular formula is C29H41N3O2. The highest BCUT2D eigenvalue weighted by atomic mass is 16.7. The maximum absolute atomic E-state index is 12.3. The van der Waals surface area contributed by atoms with E-state index in [0.29, 0.717) is 0 Å². The van der Waals surface area contributed by atoms with Crippen LogP contribution in [0.3, 0.4) is 0 Å². The number of carbonyl (C=O) groups excluding carboxylic acids is 1. The van der Waals surface area contributed by atoms with Gasteiger partial charge < -0.3 is 4.84 Å². The molecule has 0 bridgehead atoms. The van der Waals surface area contributed by atoms with Crippen LogP contribution < -0.4 is 5.48 Å². The Labute approximate surface area is 205 Å². The third-order valence-electron chi connectivity index (χ3n) is 10.1. The average molecular weight is 464 g/mol. The molecule has 2 fully saturated rings. The summed E-state index contributed by atoms with van der Waals surface area (Å²) < 4.78 is 0. The number of hydrogen-bond donors (Lipinski definition) is 1. The Hall–Kier alpha value is -1.98. The summed E-state index contributed by atoms with van der Waals surface area (Å²) in [6.07, 6.45) is 17.3. The predicted molar refractivity (Wildman–Crippen MR) is 135 cm³/mol. The number of hydrogen-bond acceptors (Lipinski definition) is 5. The summed E-state index contributed by atoms with van der Waals surface area (Å²) >= 11 is 0. The minimum Gasteiger partial charge on any atom is -0.369 e. The van der Waals surface area contributed by atoms with E-state index in [9.17, 15) is 4.79 Å². The summed E-state index contributed by atoms with van der Waals surface area (Å²) in [6, 6.07) is 4.18. The van der Waals surface area contributed by atoms with E-state index in [2.05, 4.69) is 54.8 Å². The van der Waals surface area contributed by atoms with Gasteiger partial charge in [0.25, 0.3) is 0 Å². The third-order valence-corrected chi connectivity index (χ3v) is 10.1. The molecule has 0 amide bonds. The first kappa shape index (κ1) is 23.7. The van der Waals surface area contributed by atoms with Crippen molar-refractivity contribution in [1.29, 1.82) is 0 Å². The molecule has 1 N–H and O–H groups in total. The van der Waals surface area contributed by atoms with Crippen LogP contribution in [0.1, 0.15) is 71.3 Å². The van der Waals surface area contributed by atoms with E-state index in [1.54, 1.807) is 5.57 Å². The van der Waals surface area contributed by atoms with Crippen molar-refractivity contribution >= 4 is 11.5 Å². The lowest BCUT2D eigenvalue weighted by atomic mass is 9.46. The second-order valence-corrected chi connectivity index (χ2v) is 11.9. The van der Waals surface area contributed by atoms with Gasteiger partial charge in [0.15, 0.2) is 0 Å². The molecule has 1 aromatic rings. The SMILES string of the molecule is CC(C(=O)ONC1C=C2CC[C@H]3[C@H](CC[C@]4(C)C(c5cccnc5)=CC[C@@H]34)[C@@]2(C)CC1)N(C)C. The number of nitrogens with zero attached hydrogens (tertiary/aromatic N) is 2. The number of hydroxylamine groups is 1. The lowest BCUT2D eigenvalue weighted by Crippen LogP contribution is -2.51. The van der Waals surface area contributed by atoms with Crippen molar-refractivity contribution in [3.63, 3.8) is 0 Å². The molecule has 1 aromatic heterocycles. The number of likely N-dealkylation sites (N-methyl/N-ethyl adjacent to an activating group) is 1. The Morgan fingerprint density at radius 2 is 1.97 bits per heavy atom. The van der Waals surface area contributed by atoms with Crippen molar-refractivity contribution in [2.75, 3.05) is 14.1 Å². The van der Waals surface area contributed by atoms with Gasteiger partial charge in [-0.1, -0.05) is 37.6 Å². The van der Waals surface area contributed by atoms with Crippen LogP contribution in [-0.4, -0.2) is 42.0 Å². The van der Waals surface area contributed by atoms with Crippen molar-refractivity contribution < 1.29 is 9.63 Å². The van der Waals surface area contributed by atoms with E-state index >= 15 is 0 Å². The average Bonchev–Trinajstić information content (AvgIpc) is 3.19. The maximum Gasteiger partial charge on any atom is 0.341 e. The fraction of sp³-hybridized carbons (Fsp3) is 0.655. The first-order valence-electron chi connectivity index (χ1n) is 13.2. The van der Waals surface area contributed by atoms with E-state index in [1.807, 2.05) is 32.1 Å². The third kappa shape index (κ3) is 3.85. The minimum absolute atomic E-state index is 0.122. The zero-order valence-electron chi connectivity index (χ0n) is 21.5. The molecule has 0 spiro atoms. The van der Waals surface area contributed by atoms with Gasteiger partial charge in [0.2, 0.25) is 0 Å². The highest BCUT2D eigenvalue weighted by Crippen LogP contribution is 2.66. The predicted octanol–water partition coefficient (Wildman–Crippen LogP) is 5.40. The monoisotopic (exact) mass is 463 g/mol. The van der Waals surface area contributed by atoms with Gasteiger partial charge in [-0.2, -0.15) is 0 Å². The fourth-order valence-electron chi connectivity index (χ4n) is 7.79. The second kappa shape index (κ2) is 8.91. The highest BCUT2D eigenvalue weighted by molar-refractivity contribution is 5.75. The van der Waals surface area contributed by atoms with Crippen LogP contribution >= 0.6 is 0 Å². The maximum atomic E-state index is 12.3. The molecule has 0 aromatic carbocycles. The van der Waals surface area contributed by atoms with Crippen molar-refractivity contribution in [2.24, 2.45) is 28.6 Å². The summed E-state index contributed by atoms with van der Waals surface area (Å²) in [5.74, 6) is 2.06. The summed E-state index contributed by atoms with van der Waals surface area (Å²) in [5, 5.41) is 0. The zero-order valence-corrected chi connectivity index (χ0v) is 21.5. The lowest BCUT2D eigenvalue weighted by Gasteiger charge is -2.58. The smallest absolute Gasteiger partial charge is 0.341 e. The van der Waals surface area contributed by atoms with Crippen LogP contribution in [0.4, 0.5) is 0 Å². The van der Waals surface area contributed by atoms with Gasteiger partial charge in [-0.3, -0.25) is 9.88 Å². The van der Waals surface area contributed by atoms with Crippen LogP contribution in [0, 0.1) is 28.6 Å². The molecule has 0 aliphatic heterocycles. The number of pyridine rings is 1. The Bertz CT molecular complexity index is 986. The number of carbonyl (C=O) groups is 1. The Kier molecular flexibility index (Phi) is 6.22. The second-order valence-electron chi connectivity index (χ2n) is 11.9. The van der Waals surface area contributed by atoms with Gasteiger partial charge in [0.05, 0.1) is 6.04 Å². The molecule has 5 nitrogen and oxygen atoms in total. The highest BCUT2D eigenvalue weighted by Gasteiger charge is 2.57. The molecule has 0 saturated heterocycles. The first-order valence-corrected chi connectivity index (χ1v) is 13.2. The van der Waals surface area contributed by atoms with Gasteiger partial charge in [0, 0.05) is 12.4 Å². The van der Waals surface area contributed by atoms with Crippen molar-refractivity contribution in [3.8, 4) is 0 Å². The molecule has 2 unspecified atom stereocenters. The summed E-state index contributed by atoms with van der Waals surface area (Å²) in [5.41, 5.74) is 8.08. The molecule has 4 aliphatic rings. The molecule has 5 rings (SSSR count). The van der Waals surface area contributed by atoms with Crippen molar-refractivity contribution in [2.45, 2.75) is 77.8 Å². The largest absolute Gasteiger partial charge is 0.369 e. The number of allylic oxidation sites excluding steroid dienone is 3. The van der Waals surface area contributed by atoms with Crippen LogP contribution in [-0.2, 0) is 9.63 Å².